The van der Waals surface area contributed by atoms with E-state index in [1.54, 1.807) is 5.10 Å². The zero-order valence-corrected chi connectivity index (χ0v) is 5.11. The molecule has 1 rings (SSSR count). The minimum atomic E-state index is -3.78. The monoisotopic (exact) mass is 169 g/mol. The molecule has 1 aromatic rings. The molecule has 0 radical (unpaired) electrons. The predicted molar refractivity (Wildman–Crippen MR) is 26.2 cm³/mol. The van der Waals surface area contributed by atoms with Crippen LogP contribution >= 0.6 is 0 Å². The highest BCUT2D eigenvalue weighted by molar-refractivity contribution is 4.92. The van der Waals surface area contributed by atoms with Gasteiger partial charge in [-0.25, -0.2) is 4.39 Å². The third kappa shape index (κ3) is 1.47. The van der Waals surface area contributed by atoms with E-state index in [0.717, 1.165) is 0 Å². The molecule has 0 saturated heterocycles. The second-order valence-corrected chi connectivity index (χ2v) is 1.79. The van der Waals surface area contributed by atoms with Crippen LogP contribution in [0.2, 0.25) is 0 Å². The van der Waals surface area contributed by atoms with Gasteiger partial charge in [-0.3, -0.25) is 5.10 Å². The Kier molecular flexibility index (Phi) is 1.79. The molecule has 11 heavy (non-hydrogen) atoms. The standard InChI is InChI=1S/C4H3F4N3/c5-1-4(7,8)2-9-3(6)11-10-2/h1H2,(H,9,10,11). The first-order valence-corrected chi connectivity index (χ1v) is 2.58. The molecule has 0 aliphatic carbocycles. The molecule has 0 unspecified atom stereocenters. The maximum absolute atomic E-state index is 12.2. The van der Waals surface area contributed by atoms with Gasteiger partial charge in [-0.2, -0.15) is 18.2 Å². The molecule has 0 fully saturated rings. The number of hydrogen-bond acceptors (Lipinski definition) is 2. The summed E-state index contributed by atoms with van der Waals surface area (Å²) in [6.45, 7) is -1.93. The van der Waals surface area contributed by atoms with Gasteiger partial charge in [0.1, 0.15) is 0 Å². The fourth-order valence-corrected chi connectivity index (χ4v) is 0.468. The predicted octanol–water partition coefficient (Wildman–Crippen LogP) is 1.01. The van der Waals surface area contributed by atoms with Crippen LogP contribution in [0.4, 0.5) is 17.6 Å². The van der Waals surface area contributed by atoms with Crippen LogP contribution in [0.15, 0.2) is 0 Å². The fraction of sp³-hybridized carbons (Fsp3) is 0.500. The second kappa shape index (κ2) is 2.48. The average molecular weight is 169 g/mol. The molecule has 7 heteroatoms. The molecule has 0 atom stereocenters. The molecule has 1 N–H and O–H groups in total. The molecule has 0 spiro atoms. The van der Waals surface area contributed by atoms with E-state index < -0.39 is 24.5 Å². The number of rotatable bonds is 2. The highest BCUT2D eigenvalue weighted by atomic mass is 19.3. The van der Waals surface area contributed by atoms with Gasteiger partial charge >= 0.3 is 12.0 Å². The lowest BCUT2D eigenvalue weighted by atomic mass is 10.3. The first-order chi connectivity index (χ1) is 5.06. The summed E-state index contributed by atoms with van der Waals surface area (Å²) < 4.78 is 47.8. The molecule has 1 heterocycles. The van der Waals surface area contributed by atoms with E-state index in [2.05, 4.69) is 10.1 Å². The van der Waals surface area contributed by atoms with Crippen LogP contribution in [0.1, 0.15) is 5.82 Å². The molecule has 62 valence electrons. The van der Waals surface area contributed by atoms with Crippen molar-refractivity contribution >= 4 is 0 Å². The normalized spacial score (nSPS) is 12.0. The molecule has 0 bridgehead atoms. The van der Waals surface area contributed by atoms with E-state index in [1.165, 1.54) is 0 Å². The Morgan fingerprint density at radius 1 is 1.45 bits per heavy atom. The van der Waals surface area contributed by atoms with Crippen LogP contribution in [0.25, 0.3) is 0 Å². The number of H-pyrrole nitrogens is 1. The Balaban J connectivity index is 2.92. The molecule has 0 amide bonds. The van der Waals surface area contributed by atoms with Crippen LogP contribution in [0.5, 0.6) is 0 Å². The largest absolute Gasteiger partial charge is 0.333 e. The van der Waals surface area contributed by atoms with E-state index in [4.69, 9.17) is 0 Å². The second-order valence-electron chi connectivity index (χ2n) is 1.79. The number of nitrogens with one attached hydrogen (secondary N) is 1. The molecule has 0 saturated carbocycles. The van der Waals surface area contributed by atoms with Gasteiger partial charge in [-0.05, 0) is 0 Å². The minimum Gasteiger partial charge on any atom is -0.255 e. The third-order valence-electron chi connectivity index (χ3n) is 0.972. The number of aromatic nitrogens is 3. The van der Waals surface area contributed by atoms with Gasteiger partial charge in [-0.1, -0.05) is 0 Å². The van der Waals surface area contributed by atoms with Gasteiger partial charge in [0, 0.05) is 0 Å². The Morgan fingerprint density at radius 2 is 2.09 bits per heavy atom. The van der Waals surface area contributed by atoms with Crippen LogP contribution in [-0.2, 0) is 5.92 Å². The van der Waals surface area contributed by atoms with Crippen molar-refractivity contribution in [3.63, 3.8) is 0 Å². The number of alkyl halides is 3. The molecule has 1 aromatic heterocycles. The first kappa shape index (κ1) is 7.96. The van der Waals surface area contributed by atoms with Gasteiger partial charge in [0.2, 0.25) is 0 Å². The summed E-state index contributed by atoms with van der Waals surface area (Å²) >= 11 is 0. The van der Waals surface area contributed by atoms with Crippen LogP contribution in [-0.4, -0.2) is 21.9 Å². The Hall–Kier alpha value is -1.14. The SMILES string of the molecule is FCC(F)(F)c1nc(F)n[nH]1. The van der Waals surface area contributed by atoms with Gasteiger partial charge in [0.25, 0.3) is 0 Å². The van der Waals surface area contributed by atoms with Crippen molar-refractivity contribution in [1.29, 1.82) is 0 Å². The number of aromatic amines is 1. The van der Waals surface area contributed by atoms with E-state index in [1.807, 2.05) is 0 Å². The molecule has 0 aromatic carbocycles. The lowest BCUT2D eigenvalue weighted by Gasteiger charge is -2.05. The lowest BCUT2D eigenvalue weighted by molar-refractivity contribution is -0.0364. The van der Waals surface area contributed by atoms with Crippen molar-refractivity contribution in [2.45, 2.75) is 5.92 Å². The van der Waals surface area contributed by atoms with Gasteiger partial charge in [-0.15, -0.1) is 5.10 Å². The van der Waals surface area contributed by atoms with Crippen molar-refractivity contribution < 1.29 is 17.6 Å². The molecule has 0 aliphatic heterocycles. The van der Waals surface area contributed by atoms with Crippen molar-refractivity contribution in [3.8, 4) is 0 Å². The summed E-state index contributed by atoms with van der Waals surface area (Å²) in [5.41, 5.74) is 0. The van der Waals surface area contributed by atoms with Gasteiger partial charge < -0.3 is 0 Å². The average Bonchev–Trinajstić information content (AvgIpc) is 2.36. The highest BCUT2D eigenvalue weighted by Crippen LogP contribution is 2.24. The zero-order valence-electron chi connectivity index (χ0n) is 5.11. The van der Waals surface area contributed by atoms with Crippen molar-refractivity contribution in [2.75, 3.05) is 6.67 Å². The third-order valence-corrected chi connectivity index (χ3v) is 0.972. The lowest BCUT2D eigenvalue weighted by Crippen LogP contribution is -2.17. The molecule has 0 aliphatic rings. The van der Waals surface area contributed by atoms with Gasteiger partial charge in [0.15, 0.2) is 12.5 Å². The fourth-order valence-electron chi connectivity index (χ4n) is 0.468. The summed E-state index contributed by atoms with van der Waals surface area (Å²) in [6, 6.07) is 0. The van der Waals surface area contributed by atoms with Crippen molar-refractivity contribution in [3.05, 3.63) is 11.9 Å². The maximum atomic E-state index is 12.2. The molecular weight excluding hydrogens is 166 g/mol. The Morgan fingerprint density at radius 3 is 2.45 bits per heavy atom. The Labute approximate surface area is 58.4 Å². The summed E-state index contributed by atoms with van der Waals surface area (Å²) in [5.74, 6) is -4.88. The summed E-state index contributed by atoms with van der Waals surface area (Å²) in [6.07, 6.45) is -1.33. The topological polar surface area (TPSA) is 41.6 Å². The molecule has 3 nitrogen and oxygen atoms in total. The van der Waals surface area contributed by atoms with E-state index in [0.29, 0.717) is 0 Å². The summed E-state index contributed by atoms with van der Waals surface area (Å²) in [4.78, 5) is 2.63. The quantitative estimate of drug-likeness (QED) is 0.671. The minimum absolute atomic E-state index is 1.10. The smallest absolute Gasteiger partial charge is 0.255 e. The van der Waals surface area contributed by atoms with E-state index in [-0.39, 0.29) is 0 Å². The molecular formula is C4H3F4N3. The van der Waals surface area contributed by atoms with E-state index >= 15 is 0 Å². The number of hydrogen-bond donors (Lipinski definition) is 1. The van der Waals surface area contributed by atoms with Crippen LogP contribution < -0.4 is 0 Å². The van der Waals surface area contributed by atoms with E-state index in [9.17, 15) is 17.6 Å². The van der Waals surface area contributed by atoms with Crippen molar-refractivity contribution in [1.82, 2.24) is 15.2 Å². The zero-order chi connectivity index (χ0) is 8.48. The van der Waals surface area contributed by atoms with Crippen molar-refractivity contribution in [2.24, 2.45) is 0 Å². The van der Waals surface area contributed by atoms with Crippen LogP contribution in [0, 0.1) is 6.08 Å². The first-order valence-electron chi connectivity index (χ1n) is 2.58. The number of nitrogens with zero attached hydrogens (tertiary/aromatic N) is 2. The summed E-state index contributed by atoms with van der Waals surface area (Å²) in [5, 5.41) is 4.25. The highest BCUT2D eigenvalue weighted by Gasteiger charge is 2.35. The number of halogens is 4. The Bertz CT molecular complexity index is 245. The summed E-state index contributed by atoms with van der Waals surface area (Å²) in [7, 11) is 0. The maximum Gasteiger partial charge on any atom is 0.333 e. The van der Waals surface area contributed by atoms with Gasteiger partial charge in [0.05, 0.1) is 0 Å². The van der Waals surface area contributed by atoms with Crippen LogP contribution in [0.3, 0.4) is 0 Å².